The minimum atomic E-state index is -1.34. The van der Waals surface area contributed by atoms with Crippen LogP contribution in [0.2, 0.25) is 0 Å². The standard InChI is InChI=1S/C22H14O4.3C4H8O2.H2O/c23-21(24)17-11-9-13-5-1-3-7-15(13)19(17)20-16-8-4-2-6-14(16)10-12-18(20)22(25)26;3*1-2-6-4-3-5-1;/h1-12H,(H,23,24)(H,25,26);3*1-4H2;1H2. The third kappa shape index (κ3) is 10.6. The molecule has 3 heterocycles. The van der Waals surface area contributed by atoms with Gasteiger partial charge in [-0.1, -0.05) is 66.7 Å². The van der Waals surface area contributed by atoms with Crippen molar-refractivity contribution < 1.29 is 53.7 Å². The number of carbonyl (C=O) groups excluding carboxylic acids is 1. The molecule has 7 rings (SSSR count). The smallest absolute Gasteiger partial charge is 0.336 e. The Hall–Kier alpha value is -3.94. The van der Waals surface area contributed by atoms with E-state index in [1.165, 1.54) is 12.1 Å². The van der Waals surface area contributed by atoms with Crippen LogP contribution in [-0.4, -0.2) is 96.3 Å². The first-order chi connectivity index (χ1) is 21.6. The second kappa shape index (κ2) is 19.4. The number of carbonyl (C=O) groups is 2. The quantitative estimate of drug-likeness (QED) is 0.335. The van der Waals surface area contributed by atoms with Crippen LogP contribution in [-0.2, 0) is 33.9 Å². The highest BCUT2D eigenvalue weighted by Gasteiger charge is 2.20. The summed E-state index contributed by atoms with van der Waals surface area (Å²) in [5.41, 5.74) is 0.800. The Balaban J connectivity index is 0.000000234. The minimum Gasteiger partial charge on any atom is -0.545 e. The molecule has 0 saturated carbocycles. The summed E-state index contributed by atoms with van der Waals surface area (Å²) in [6.45, 7) is 9.33. The number of ether oxygens (including phenoxy) is 6. The predicted molar refractivity (Wildman–Crippen MR) is 168 cm³/mol. The van der Waals surface area contributed by atoms with Crippen LogP contribution in [0, 0.1) is 0 Å². The number of fused-ring (bicyclic) bond motifs is 2. The first-order valence-corrected chi connectivity index (χ1v) is 14.5. The summed E-state index contributed by atoms with van der Waals surface area (Å²) in [5.74, 6) is -2.45. The number of hydrogen-bond acceptors (Lipinski definition) is 9. The molecule has 0 amide bonds. The van der Waals surface area contributed by atoms with Crippen LogP contribution in [0.15, 0.2) is 72.8 Å². The van der Waals surface area contributed by atoms with Crippen molar-refractivity contribution in [2.24, 2.45) is 0 Å². The van der Waals surface area contributed by atoms with Crippen LogP contribution in [0.1, 0.15) is 20.7 Å². The van der Waals surface area contributed by atoms with Crippen molar-refractivity contribution in [3.8, 4) is 11.1 Å². The van der Waals surface area contributed by atoms with Crippen LogP contribution < -0.4 is 5.11 Å². The number of carboxylic acids is 2. The van der Waals surface area contributed by atoms with E-state index in [4.69, 9.17) is 28.4 Å². The van der Waals surface area contributed by atoms with Crippen LogP contribution in [0.25, 0.3) is 32.7 Å². The summed E-state index contributed by atoms with van der Waals surface area (Å²) in [5, 5.41) is 24.6. The van der Waals surface area contributed by atoms with Crippen molar-refractivity contribution in [1.29, 1.82) is 0 Å². The van der Waals surface area contributed by atoms with Crippen molar-refractivity contribution in [2.45, 2.75) is 0 Å². The van der Waals surface area contributed by atoms with Crippen LogP contribution in [0.5, 0.6) is 0 Å². The molecular weight excluding hydrogens is 584 g/mol. The molecule has 11 heteroatoms. The lowest BCUT2D eigenvalue weighted by Crippen LogP contribution is -2.23. The molecule has 3 aliphatic heterocycles. The van der Waals surface area contributed by atoms with Gasteiger partial charge in [0.2, 0.25) is 0 Å². The van der Waals surface area contributed by atoms with Gasteiger partial charge in [0.05, 0.1) is 90.8 Å². The molecule has 0 spiro atoms. The Morgan fingerprint density at radius 2 is 0.800 bits per heavy atom. The average Bonchev–Trinajstić information content (AvgIpc) is 3.10. The third-order valence-electron chi connectivity index (χ3n) is 6.79. The fourth-order valence-electron chi connectivity index (χ4n) is 4.75. The molecule has 3 saturated heterocycles. The maximum Gasteiger partial charge on any atom is 0.336 e. The molecule has 0 atom stereocenters. The summed E-state index contributed by atoms with van der Waals surface area (Å²) in [6, 6.07) is 21.1. The molecule has 0 unspecified atom stereocenters. The van der Waals surface area contributed by atoms with E-state index in [1.54, 1.807) is 36.4 Å². The largest absolute Gasteiger partial charge is 0.545 e. The van der Waals surface area contributed by atoms with Gasteiger partial charge in [-0.05, 0) is 27.6 Å². The Bertz CT molecular complexity index is 1330. The summed E-state index contributed by atoms with van der Waals surface area (Å²) >= 11 is 0. The highest BCUT2D eigenvalue weighted by Crippen LogP contribution is 2.39. The fraction of sp³-hybridized carbons (Fsp3) is 0.353. The first kappa shape index (κ1) is 35.5. The zero-order valence-corrected chi connectivity index (χ0v) is 25.1. The van der Waals surface area contributed by atoms with Gasteiger partial charge in [-0.15, -0.1) is 0 Å². The van der Waals surface area contributed by atoms with E-state index < -0.39 is 11.9 Å². The van der Waals surface area contributed by atoms with Gasteiger partial charge in [0.1, 0.15) is 0 Å². The Morgan fingerprint density at radius 3 is 1.11 bits per heavy atom. The molecule has 4 aromatic carbocycles. The number of rotatable bonds is 3. The topological polar surface area (TPSA) is 166 Å². The summed E-state index contributed by atoms with van der Waals surface area (Å²) in [7, 11) is 0. The molecule has 0 radical (unpaired) electrons. The number of hydrogen-bond donors (Lipinski definition) is 1. The molecule has 4 N–H and O–H groups in total. The molecule has 3 aliphatic rings. The van der Waals surface area contributed by atoms with E-state index in [2.05, 4.69) is 0 Å². The van der Waals surface area contributed by atoms with Gasteiger partial charge in [0, 0.05) is 16.7 Å². The lowest BCUT2D eigenvalue weighted by Gasteiger charge is -2.18. The van der Waals surface area contributed by atoms with E-state index in [0.29, 0.717) is 21.9 Å². The second-order valence-corrected chi connectivity index (χ2v) is 9.69. The van der Waals surface area contributed by atoms with Crippen molar-refractivity contribution in [3.05, 3.63) is 83.9 Å². The maximum atomic E-state index is 11.9. The van der Waals surface area contributed by atoms with Crippen molar-refractivity contribution in [3.63, 3.8) is 0 Å². The molecule has 0 aromatic heterocycles. The minimum absolute atomic E-state index is 0. The SMILES string of the molecule is C1COCCO1.C1COCCO1.C1COCCO1.O=C([O-])c1ccc2ccccc2c1-c1c(C(=O)O)ccc2ccccc12.[OH3+]. The molecule has 11 nitrogen and oxygen atoms in total. The maximum absolute atomic E-state index is 11.9. The monoisotopic (exact) mass is 624 g/mol. The Morgan fingerprint density at radius 1 is 0.489 bits per heavy atom. The molecule has 45 heavy (non-hydrogen) atoms. The van der Waals surface area contributed by atoms with Gasteiger partial charge in [0.15, 0.2) is 0 Å². The Labute approximate surface area is 261 Å². The van der Waals surface area contributed by atoms with Gasteiger partial charge in [-0.25, -0.2) is 4.79 Å². The molecule has 3 fully saturated rings. The molecule has 4 aromatic rings. The van der Waals surface area contributed by atoms with Crippen molar-refractivity contribution in [1.82, 2.24) is 0 Å². The van der Waals surface area contributed by atoms with E-state index in [9.17, 15) is 19.8 Å². The molecule has 242 valence electrons. The van der Waals surface area contributed by atoms with Gasteiger partial charge in [-0.3, -0.25) is 0 Å². The first-order valence-electron chi connectivity index (χ1n) is 14.5. The lowest BCUT2D eigenvalue weighted by molar-refractivity contribution is -0.254. The van der Waals surface area contributed by atoms with Crippen molar-refractivity contribution >= 4 is 33.5 Å². The normalized spacial score (nSPS) is 15.9. The van der Waals surface area contributed by atoms with E-state index in [0.717, 1.165) is 90.1 Å². The summed E-state index contributed by atoms with van der Waals surface area (Å²) in [6.07, 6.45) is 0. The second-order valence-electron chi connectivity index (χ2n) is 9.69. The zero-order valence-electron chi connectivity index (χ0n) is 25.1. The lowest BCUT2D eigenvalue weighted by atomic mass is 9.87. The molecule has 0 aliphatic carbocycles. The average molecular weight is 625 g/mol. The predicted octanol–water partition coefficient (Wildman–Crippen LogP) is 2.90. The highest BCUT2D eigenvalue weighted by molar-refractivity contribution is 6.16. The number of aromatic carboxylic acids is 2. The van der Waals surface area contributed by atoms with Crippen LogP contribution in [0.3, 0.4) is 0 Å². The summed E-state index contributed by atoms with van der Waals surface area (Å²) < 4.78 is 29.7. The van der Waals surface area contributed by atoms with E-state index >= 15 is 0 Å². The van der Waals surface area contributed by atoms with Gasteiger partial charge < -0.3 is 48.9 Å². The van der Waals surface area contributed by atoms with Crippen molar-refractivity contribution in [2.75, 3.05) is 79.3 Å². The van der Waals surface area contributed by atoms with Gasteiger partial charge in [0.25, 0.3) is 0 Å². The van der Waals surface area contributed by atoms with E-state index in [1.807, 2.05) is 24.3 Å². The molecule has 0 bridgehead atoms. The number of benzene rings is 4. The van der Waals surface area contributed by atoms with Gasteiger partial charge in [-0.2, -0.15) is 0 Å². The molecular formula is C34H40O11. The Kier molecular flexibility index (Phi) is 15.4. The van der Waals surface area contributed by atoms with Crippen LogP contribution in [0.4, 0.5) is 0 Å². The third-order valence-corrected chi connectivity index (χ3v) is 6.79. The zero-order chi connectivity index (χ0) is 31.0. The van der Waals surface area contributed by atoms with Crippen LogP contribution >= 0.6 is 0 Å². The van der Waals surface area contributed by atoms with E-state index in [-0.39, 0.29) is 16.6 Å². The fourth-order valence-corrected chi connectivity index (χ4v) is 4.75. The highest BCUT2D eigenvalue weighted by atomic mass is 16.6. The summed E-state index contributed by atoms with van der Waals surface area (Å²) in [4.78, 5) is 23.7. The van der Waals surface area contributed by atoms with Gasteiger partial charge >= 0.3 is 5.97 Å². The number of carboxylic acid groups (broad SMARTS) is 2.